The predicted molar refractivity (Wildman–Crippen MR) is 46.8 cm³/mol. The average molecular weight is 169 g/mol. The molecule has 3 heteroatoms. The Morgan fingerprint density at radius 3 is 3.08 bits per heavy atom. The highest BCUT2D eigenvalue weighted by Crippen LogP contribution is 2.10. The molecule has 3 nitrogen and oxygen atoms in total. The van der Waals surface area contributed by atoms with Gasteiger partial charge < -0.3 is 4.74 Å². The van der Waals surface area contributed by atoms with Crippen molar-refractivity contribution in [2.75, 3.05) is 20.2 Å². The number of carbonyl (C=O) groups is 1. The summed E-state index contributed by atoms with van der Waals surface area (Å²) in [6.07, 6.45) is 4.98. The molecule has 0 aliphatic carbocycles. The minimum absolute atomic E-state index is 0.159. The zero-order valence-electron chi connectivity index (χ0n) is 7.62. The number of hydrogen-bond acceptors (Lipinski definition) is 3. The normalized spacial score (nSPS) is 24.0. The second-order valence-corrected chi connectivity index (χ2v) is 2.81. The van der Waals surface area contributed by atoms with E-state index in [0.717, 1.165) is 19.5 Å². The van der Waals surface area contributed by atoms with Crippen LogP contribution in [0.15, 0.2) is 12.2 Å². The second kappa shape index (κ2) is 4.26. The maximum atomic E-state index is 11.2. The standard InChI is InChI=1S/C9H15NO2/c1-3-10-7-5-4-6-8(10)9(11)12-2/h4,6,8H,3,5,7H2,1-2H3. The summed E-state index contributed by atoms with van der Waals surface area (Å²) in [4.78, 5) is 13.3. The van der Waals surface area contributed by atoms with Gasteiger partial charge >= 0.3 is 5.97 Å². The van der Waals surface area contributed by atoms with Gasteiger partial charge in [0.05, 0.1) is 7.11 Å². The van der Waals surface area contributed by atoms with Gasteiger partial charge in [-0.2, -0.15) is 0 Å². The highest BCUT2D eigenvalue weighted by molar-refractivity contribution is 5.78. The molecule has 0 spiro atoms. The minimum Gasteiger partial charge on any atom is -0.468 e. The Morgan fingerprint density at radius 2 is 2.50 bits per heavy atom. The smallest absolute Gasteiger partial charge is 0.327 e. The largest absolute Gasteiger partial charge is 0.468 e. The number of esters is 1. The van der Waals surface area contributed by atoms with Crippen LogP contribution >= 0.6 is 0 Å². The van der Waals surface area contributed by atoms with Crippen molar-refractivity contribution < 1.29 is 9.53 Å². The van der Waals surface area contributed by atoms with Crippen molar-refractivity contribution in [2.24, 2.45) is 0 Å². The quantitative estimate of drug-likeness (QED) is 0.452. The molecule has 1 heterocycles. The molecular weight excluding hydrogens is 154 g/mol. The molecule has 1 atom stereocenters. The Labute approximate surface area is 73.0 Å². The third-order valence-electron chi connectivity index (χ3n) is 2.14. The first-order chi connectivity index (χ1) is 5.79. The molecule has 0 radical (unpaired) electrons. The van der Waals surface area contributed by atoms with Crippen molar-refractivity contribution in [3.05, 3.63) is 12.2 Å². The van der Waals surface area contributed by atoms with Crippen LogP contribution < -0.4 is 0 Å². The highest BCUT2D eigenvalue weighted by atomic mass is 16.5. The number of carbonyl (C=O) groups excluding carboxylic acids is 1. The Balaban J connectivity index is 2.64. The Kier molecular flexibility index (Phi) is 3.29. The van der Waals surface area contributed by atoms with Crippen molar-refractivity contribution >= 4 is 5.97 Å². The zero-order chi connectivity index (χ0) is 8.97. The lowest BCUT2D eigenvalue weighted by Crippen LogP contribution is -2.42. The Bertz CT molecular complexity index is 189. The molecule has 1 unspecified atom stereocenters. The van der Waals surface area contributed by atoms with Crippen LogP contribution in [0.5, 0.6) is 0 Å². The third kappa shape index (κ3) is 1.85. The Hall–Kier alpha value is -0.830. The topological polar surface area (TPSA) is 29.5 Å². The summed E-state index contributed by atoms with van der Waals surface area (Å²) in [5.74, 6) is -0.159. The van der Waals surface area contributed by atoms with Gasteiger partial charge in [0.1, 0.15) is 6.04 Å². The summed E-state index contributed by atoms with van der Waals surface area (Å²) in [7, 11) is 1.43. The molecule has 0 aromatic carbocycles. The van der Waals surface area contributed by atoms with Crippen molar-refractivity contribution in [2.45, 2.75) is 19.4 Å². The van der Waals surface area contributed by atoms with Crippen molar-refractivity contribution in [3.8, 4) is 0 Å². The van der Waals surface area contributed by atoms with E-state index in [-0.39, 0.29) is 12.0 Å². The molecule has 0 aromatic rings. The lowest BCUT2D eigenvalue weighted by atomic mass is 10.1. The summed E-state index contributed by atoms with van der Waals surface area (Å²) in [6, 6.07) is -0.159. The monoisotopic (exact) mass is 169 g/mol. The predicted octanol–water partition coefficient (Wildman–Crippen LogP) is 0.810. The molecule has 0 saturated carbocycles. The number of methoxy groups -OCH3 is 1. The van der Waals surface area contributed by atoms with Crippen LogP contribution in [-0.4, -0.2) is 37.1 Å². The van der Waals surface area contributed by atoms with Crippen molar-refractivity contribution in [1.29, 1.82) is 0 Å². The van der Waals surface area contributed by atoms with Crippen LogP contribution in [0.2, 0.25) is 0 Å². The summed E-state index contributed by atoms with van der Waals surface area (Å²) >= 11 is 0. The van der Waals surface area contributed by atoms with Gasteiger partial charge in [-0.25, -0.2) is 0 Å². The molecule has 0 N–H and O–H groups in total. The van der Waals surface area contributed by atoms with E-state index in [2.05, 4.69) is 16.6 Å². The molecule has 0 bridgehead atoms. The van der Waals surface area contributed by atoms with E-state index in [1.165, 1.54) is 7.11 Å². The van der Waals surface area contributed by atoms with Gasteiger partial charge in [0, 0.05) is 6.54 Å². The number of hydrogen-bond donors (Lipinski definition) is 0. The molecule has 1 rings (SSSR count). The van der Waals surface area contributed by atoms with E-state index in [1.54, 1.807) is 0 Å². The summed E-state index contributed by atoms with van der Waals surface area (Å²) in [6.45, 7) is 3.89. The van der Waals surface area contributed by atoms with Gasteiger partial charge in [-0.05, 0) is 13.0 Å². The molecule has 68 valence electrons. The van der Waals surface area contributed by atoms with E-state index in [1.807, 2.05) is 12.2 Å². The maximum absolute atomic E-state index is 11.2. The van der Waals surface area contributed by atoms with Gasteiger partial charge in [0.25, 0.3) is 0 Å². The number of ether oxygens (including phenoxy) is 1. The number of rotatable bonds is 2. The summed E-state index contributed by atoms with van der Waals surface area (Å²) in [5, 5.41) is 0. The fourth-order valence-electron chi connectivity index (χ4n) is 1.43. The Morgan fingerprint density at radius 1 is 1.75 bits per heavy atom. The molecule has 0 saturated heterocycles. The van der Waals surface area contributed by atoms with Crippen LogP contribution in [0.1, 0.15) is 13.3 Å². The van der Waals surface area contributed by atoms with Gasteiger partial charge in [-0.1, -0.05) is 19.1 Å². The average Bonchev–Trinajstić information content (AvgIpc) is 2.16. The molecular formula is C9H15NO2. The van der Waals surface area contributed by atoms with Gasteiger partial charge in [0.15, 0.2) is 0 Å². The van der Waals surface area contributed by atoms with E-state index in [9.17, 15) is 4.79 Å². The van der Waals surface area contributed by atoms with Crippen LogP contribution in [0.4, 0.5) is 0 Å². The van der Waals surface area contributed by atoms with Crippen LogP contribution in [0.3, 0.4) is 0 Å². The van der Waals surface area contributed by atoms with Crippen LogP contribution in [0, 0.1) is 0 Å². The van der Waals surface area contributed by atoms with Gasteiger partial charge in [-0.15, -0.1) is 0 Å². The van der Waals surface area contributed by atoms with Crippen molar-refractivity contribution in [1.82, 2.24) is 4.90 Å². The fourth-order valence-corrected chi connectivity index (χ4v) is 1.43. The van der Waals surface area contributed by atoms with Crippen molar-refractivity contribution in [3.63, 3.8) is 0 Å². The molecule has 12 heavy (non-hydrogen) atoms. The van der Waals surface area contributed by atoms with Crippen LogP contribution in [0.25, 0.3) is 0 Å². The third-order valence-corrected chi connectivity index (χ3v) is 2.14. The molecule has 1 aliphatic rings. The maximum Gasteiger partial charge on any atom is 0.327 e. The molecule has 1 aliphatic heterocycles. The zero-order valence-corrected chi connectivity index (χ0v) is 7.62. The first kappa shape index (κ1) is 9.26. The molecule has 0 fully saturated rings. The first-order valence-corrected chi connectivity index (χ1v) is 4.28. The summed E-state index contributed by atoms with van der Waals surface area (Å²) < 4.78 is 4.69. The summed E-state index contributed by atoms with van der Waals surface area (Å²) in [5.41, 5.74) is 0. The van der Waals surface area contributed by atoms with Gasteiger partial charge in [-0.3, -0.25) is 9.69 Å². The van der Waals surface area contributed by atoms with E-state index < -0.39 is 0 Å². The first-order valence-electron chi connectivity index (χ1n) is 4.28. The molecule has 0 aromatic heterocycles. The SMILES string of the molecule is CCN1CCC=CC1C(=O)OC. The van der Waals surface area contributed by atoms with E-state index in [4.69, 9.17) is 0 Å². The second-order valence-electron chi connectivity index (χ2n) is 2.81. The van der Waals surface area contributed by atoms with Gasteiger partial charge in [0.2, 0.25) is 0 Å². The number of nitrogens with zero attached hydrogens (tertiary/aromatic N) is 1. The lowest BCUT2D eigenvalue weighted by Gasteiger charge is -2.28. The van der Waals surface area contributed by atoms with E-state index in [0.29, 0.717) is 0 Å². The van der Waals surface area contributed by atoms with Crippen LogP contribution in [-0.2, 0) is 9.53 Å². The number of likely N-dealkylation sites (N-methyl/N-ethyl adjacent to an activating group) is 1. The van der Waals surface area contributed by atoms with E-state index >= 15 is 0 Å². The lowest BCUT2D eigenvalue weighted by molar-refractivity contribution is -0.145. The molecule has 0 amide bonds. The fraction of sp³-hybridized carbons (Fsp3) is 0.667. The highest BCUT2D eigenvalue weighted by Gasteiger charge is 2.24. The minimum atomic E-state index is -0.159.